The van der Waals surface area contributed by atoms with Crippen LogP contribution in [-0.2, 0) is 0 Å². The number of allylic oxidation sites excluding steroid dienone is 6. The quantitative estimate of drug-likeness (QED) is 0.551. The van der Waals surface area contributed by atoms with Crippen molar-refractivity contribution in [3.63, 3.8) is 0 Å². The lowest BCUT2D eigenvalue weighted by Gasteiger charge is -2.51. The number of hydrogen-bond acceptors (Lipinski definition) is 0. The van der Waals surface area contributed by atoms with E-state index in [4.69, 9.17) is 0 Å². The molecule has 0 nitrogen and oxygen atoms in total. The summed E-state index contributed by atoms with van der Waals surface area (Å²) in [5.41, 5.74) is 3.93. The number of fused-ring (bicyclic) bond motifs is 5. The molecule has 4 aliphatic rings. The van der Waals surface area contributed by atoms with E-state index in [9.17, 15) is 0 Å². The van der Waals surface area contributed by atoms with E-state index in [0.29, 0.717) is 5.41 Å². The first-order valence-electron chi connectivity index (χ1n) is 8.24. The van der Waals surface area contributed by atoms with E-state index in [1.807, 2.05) is 0 Å². The van der Waals surface area contributed by atoms with Gasteiger partial charge in [-0.1, -0.05) is 43.2 Å². The minimum Gasteiger partial charge on any atom is -0.0804 e. The van der Waals surface area contributed by atoms with Crippen LogP contribution in [0.3, 0.4) is 0 Å². The maximum absolute atomic E-state index is 2.59. The molecule has 0 aromatic heterocycles. The van der Waals surface area contributed by atoms with Gasteiger partial charge < -0.3 is 0 Å². The van der Waals surface area contributed by atoms with Gasteiger partial charge in [0.1, 0.15) is 0 Å². The van der Waals surface area contributed by atoms with Gasteiger partial charge in [-0.05, 0) is 67.8 Å². The molecular weight excluding hydrogens is 228 g/mol. The molecule has 4 aliphatic carbocycles. The second-order valence-electron chi connectivity index (χ2n) is 7.71. The van der Waals surface area contributed by atoms with Crippen molar-refractivity contribution in [1.29, 1.82) is 0 Å². The molecule has 0 unspecified atom stereocenters. The largest absolute Gasteiger partial charge is 0.0804 e. The fraction of sp³-hybridized carbons (Fsp3) is 0.684. The summed E-state index contributed by atoms with van der Waals surface area (Å²) < 4.78 is 0. The Hall–Kier alpha value is -0.780. The first kappa shape index (κ1) is 12.0. The molecule has 0 radical (unpaired) electrons. The van der Waals surface area contributed by atoms with Gasteiger partial charge >= 0.3 is 0 Å². The summed E-state index contributed by atoms with van der Waals surface area (Å²) in [7, 11) is 0. The zero-order chi connectivity index (χ0) is 13.0. The van der Waals surface area contributed by atoms with Crippen LogP contribution in [0.1, 0.15) is 52.4 Å². The van der Waals surface area contributed by atoms with Crippen LogP contribution in [-0.4, -0.2) is 0 Å². The van der Waals surface area contributed by atoms with Crippen LogP contribution in [0.15, 0.2) is 35.5 Å². The van der Waals surface area contributed by atoms with Gasteiger partial charge in [0.15, 0.2) is 0 Å². The van der Waals surface area contributed by atoms with Crippen molar-refractivity contribution in [2.45, 2.75) is 52.4 Å². The van der Waals surface area contributed by atoms with Crippen LogP contribution in [0, 0.1) is 29.1 Å². The molecule has 102 valence electrons. The lowest BCUT2D eigenvalue weighted by atomic mass is 9.53. The third kappa shape index (κ3) is 1.65. The Kier molecular flexibility index (Phi) is 2.59. The normalized spacial score (nSPS) is 47.9. The highest BCUT2D eigenvalue weighted by molar-refractivity contribution is 5.40. The summed E-state index contributed by atoms with van der Waals surface area (Å²) in [5.74, 6) is 3.69. The van der Waals surface area contributed by atoms with Gasteiger partial charge in [-0.3, -0.25) is 0 Å². The third-order valence-corrected chi connectivity index (χ3v) is 6.83. The Morgan fingerprint density at radius 3 is 2.95 bits per heavy atom. The Bertz CT molecular complexity index is 478. The van der Waals surface area contributed by atoms with E-state index >= 15 is 0 Å². The van der Waals surface area contributed by atoms with Crippen LogP contribution in [0.5, 0.6) is 0 Å². The van der Waals surface area contributed by atoms with Crippen molar-refractivity contribution in [3.8, 4) is 0 Å². The van der Waals surface area contributed by atoms with Crippen molar-refractivity contribution >= 4 is 0 Å². The lowest BCUT2D eigenvalue weighted by molar-refractivity contribution is 0.0228. The smallest absolute Gasteiger partial charge is 0.00765 e. The first-order chi connectivity index (χ1) is 9.19. The monoisotopic (exact) mass is 254 g/mol. The summed E-state index contributed by atoms with van der Waals surface area (Å²) in [6.45, 7) is 4.94. The Balaban J connectivity index is 1.71. The predicted octanol–water partition coefficient (Wildman–Crippen LogP) is 5.28. The van der Waals surface area contributed by atoms with E-state index in [-0.39, 0.29) is 0 Å². The molecule has 0 heterocycles. The van der Waals surface area contributed by atoms with Crippen molar-refractivity contribution in [1.82, 2.24) is 0 Å². The highest BCUT2D eigenvalue weighted by atomic mass is 14.6. The van der Waals surface area contributed by atoms with Gasteiger partial charge in [0.2, 0.25) is 0 Å². The lowest BCUT2D eigenvalue weighted by Crippen LogP contribution is -2.43. The zero-order valence-electron chi connectivity index (χ0n) is 12.4. The summed E-state index contributed by atoms with van der Waals surface area (Å²) in [6.07, 6.45) is 18.3. The molecule has 5 atom stereocenters. The minimum absolute atomic E-state index is 0.689. The van der Waals surface area contributed by atoms with Crippen molar-refractivity contribution in [2.75, 3.05) is 0 Å². The van der Waals surface area contributed by atoms with Crippen LogP contribution in [0.2, 0.25) is 0 Å². The van der Waals surface area contributed by atoms with Crippen molar-refractivity contribution in [2.24, 2.45) is 29.1 Å². The van der Waals surface area contributed by atoms with Gasteiger partial charge in [-0.2, -0.15) is 0 Å². The Morgan fingerprint density at radius 2 is 2.05 bits per heavy atom. The maximum Gasteiger partial charge on any atom is 0.00765 e. The van der Waals surface area contributed by atoms with Gasteiger partial charge in [-0.15, -0.1) is 0 Å². The van der Waals surface area contributed by atoms with Gasteiger partial charge in [0.25, 0.3) is 0 Å². The predicted molar refractivity (Wildman–Crippen MR) is 80.7 cm³/mol. The molecule has 2 fully saturated rings. The number of rotatable bonds is 0. The molecule has 0 saturated heterocycles. The molecule has 0 heteroatoms. The molecular formula is C19H26. The topological polar surface area (TPSA) is 0 Å². The van der Waals surface area contributed by atoms with Crippen molar-refractivity contribution < 1.29 is 0 Å². The van der Waals surface area contributed by atoms with E-state index in [2.05, 4.69) is 38.2 Å². The van der Waals surface area contributed by atoms with Gasteiger partial charge in [0.05, 0.1) is 0 Å². The molecule has 0 bridgehead atoms. The van der Waals surface area contributed by atoms with Crippen LogP contribution in [0.25, 0.3) is 0 Å². The van der Waals surface area contributed by atoms with Crippen LogP contribution in [0.4, 0.5) is 0 Å². The number of hydrogen-bond donors (Lipinski definition) is 0. The third-order valence-electron chi connectivity index (χ3n) is 6.83. The molecule has 0 aliphatic heterocycles. The molecule has 2 saturated carbocycles. The maximum atomic E-state index is 2.59. The SMILES string of the molecule is CC1=CC=CC2=CC[C@@H]3[C@H](CC[C@]4(C)CCC[C@@H]34)[C@@H]12. The minimum atomic E-state index is 0.689. The highest BCUT2D eigenvalue weighted by Crippen LogP contribution is 2.61. The fourth-order valence-corrected chi connectivity index (χ4v) is 5.90. The first-order valence-corrected chi connectivity index (χ1v) is 8.24. The standard InChI is InChI=1S/C19H26/c1-13-5-3-6-14-8-9-15-16(18(13)14)10-12-19(2)11-4-7-17(15)19/h3,5-6,8,15-18H,4,7,9-12H2,1-2H3/t15-,16+,17+,18+,19+/m1/s1. The molecule has 19 heavy (non-hydrogen) atoms. The molecule has 0 spiro atoms. The average molecular weight is 254 g/mol. The van der Waals surface area contributed by atoms with Crippen LogP contribution >= 0.6 is 0 Å². The molecule has 4 rings (SSSR count). The van der Waals surface area contributed by atoms with E-state index < -0.39 is 0 Å². The highest BCUT2D eigenvalue weighted by Gasteiger charge is 2.51. The molecule has 0 N–H and O–H groups in total. The average Bonchev–Trinajstić information content (AvgIpc) is 2.80. The molecule has 0 aromatic rings. The Labute approximate surface area is 117 Å². The fourth-order valence-electron chi connectivity index (χ4n) is 5.90. The second-order valence-corrected chi connectivity index (χ2v) is 7.71. The van der Waals surface area contributed by atoms with Gasteiger partial charge in [-0.25, -0.2) is 0 Å². The molecule has 0 aromatic carbocycles. The van der Waals surface area contributed by atoms with Gasteiger partial charge in [0, 0.05) is 5.92 Å². The summed E-state index contributed by atoms with van der Waals surface area (Å²) >= 11 is 0. The zero-order valence-corrected chi connectivity index (χ0v) is 12.4. The van der Waals surface area contributed by atoms with E-state index in [0.717, 1.165) is 23.7 Å². The van der Waals surface area contributed by atoms with Crippen LogP contribution < -0.4 is 0 Å². The Morgan fingerprint density at radius 1 is 1.16 bits per heavy atom. The van der Waals surface area contributed by atoms with E-state index in [1.54, 1.807) is 11.1 Å². The summed E-state index contributed by atoms with van der Waals surface area (Å²) in [6, 6.07) is 0. The molecule has 0 amide bonds. The summed E-state index contributed by atoms with van der Waals surface area (Å²) in [4.78, 5) is 0. The second kappa shape index (κ2) is 4.11. The van der Waals surface area contributed by atoms with Crippen molar-refractivity contribution in [3.05, 3.63) is 35.5 Å². The van der Waals surface area contributed by atoms with E-state index in [1.165, 1.54) is 38.5 Å². The summed E-state index contributed by atoms with van der Waals surface area (Å²) in [5, 5.41) is 0.